The predicted octanol–water partition coefficient (Wildman–Crippen LogP) is 6.92. The highest BCUT2D eigenvalue weighted by Crippen LogP contribution is 2.48. The van der Waals surface area contributed by atoms with E-state index in [4.69, 9.17) is 0 Å². The van der Waals surface area contributed by atoms with Crippen LogP contribution >= 0.6 is 0 Å². The topological polar surface area (TPSA) is 0 Å². The van der Waals surface area contributed by atoms with Crippen molar-refractivity contribution < 1.29 is 39.5 Å². The van der Waals surface area contributed by atoms with E-state index >= 15 is 0 Å². The molecule has 0 aromatic heterocycles. The van der Waals surface area contributed by atoms with Crippen LogP contribution in [0.1, 0.15) is 34.2 Å². The zero-order valence-electron chi connectivity index (χ0n) is 13.6. The zero-order chi connectivity index (χ0) is 20.5. The number of rotatable bonds is 4. The lowest BCUT2D eigenvalue weighted by Gasteiger charge is -2.23. The van der Waals surface area contributed by atoms with Gasteiger partial charge in [0.2, 0.25) is 0 Å². The summed E-state index contributed by atoms with van der Waals surface area (Å²) in [5.74, 6) is 0. The van der Waals surface area contributed by atoms with Crippen LogP contribution in [0, 0.1) is 0 Å². The molecule has 0 atom stereocenters. The Balaban J connectivity index is 2.48. The largest absolute Gasteiger partial charge is 0.417 e. The molecular formula is C18H13F9. The Labute approximate surface area is 148 Å². The summed E-state index contributed by atoms with van der Waals surface area (Å²) >= 11 is 0. The van der Waals surface area contributed by atoms with Crippen LogP contribution in [0.5, 0.6) is 0 Å². The summed E-state index contributed by atoms with van der Waals surface area (Å²) in [6, 6.07) is 9.03. The molecule has 0 unspecified atom stereocenters. The second kappa shape index (κ2) is 7.44. The van der Waals surface area contributed by atoms with Crippen molar-refractivity contribution in [2.45, 2.75) is 37.8 Å². The Morgan fingerprint density at radius 3 is 1.59 bits per heavy atom. The maximum Gasteiger partial charge on any atom is 0.417 e. The Bertz CT molecular complexity index is 768. The van der Waals surface area contributed by atoms with Gasteiger partial charge in [-0.05, 0) is 36.5 Å². The molecule has 0 N–H and O–H groups in total. The second-order valence-corrected chi connectivity index (χ2v) is 5.85. The van der Waals surface area contributed by atoms with Gasteiger partial charge in [0.25, 0.3) is 0 Å². The fourth-order valence-corrected chi connectivity index (χ4v) is 2.84. The Kier molecular flexibility index (Phi) is 5.82. The summed E-state index contributed by atoms with van der Waals surface area (Å²) in [5.41, 5.74) is -7.33. The smallest absolute Gasteiger partial charge is 0.166 e. The fourth-order valence-electron chi connectivity index (χ4n) is 2.84. The van der Waals surface area contributed by atoms with E-state index in [9.17, 15) is 39.5 Å². The molecule has 2 rings (SSSR count). The van der Waals surface area contributed by atoms with Crippen LogP contribution in [-0.2, 0) is 31.4 Å². The molecule has 0 spiro atoms. The molecule has 0 amide bonds. The van der Waals surface area contributed by atoms with Crippen molar-refractivity contribution in [1.29, 1.82) is 0 Å². The predicted molar refractivity (Wildman–Crippen MR) is 79.9 cm³/mol. The molecule has 27 heavy (non-hydrogen) atoms. The summed E-state index contributed by atoms with van der Waals surface area (Å²) in [6.45, 7) is 0. The van der Waals surface area contributed by atoms with Gasteiger partial charge >= 0.3 is 18.5 Å². The summed E-state index contributed by atoms with van der Waals surface area (Å²) in [5, 5.41) is 0. The van der Waals surface area contributed by atoms with E-state index in [1.807, 2.05) is 0 Å². The average molecular weight is 400 g/mol. The lowest BCUT2D eigenvalue weighted by molar-refractivity contribution is -0.175. The van der Waals surface area contributed by atoms with Gasteiger partial charge in [0.05, 0.1) is 16.7 Å². The van der Waals surface area contributed by atoms with Crippen molar-refractivity contribution in [3.05, 3.63) is 70.3 Å². The van der Waals surface area contributed by atoms with Crippen LogP contribution in [0.2, 0.25) is 0 Å². The number of halogens is 9. The minimum atomic E-state index is -5.80. The summed E-state index contributed by atoms with van der Waals surface area (Å²) in [4.78, 5) is 0. The maximum atomic E-state index is 13.3. The van der Waals surface area contributed by atoms with Crippen molar-refractivity contribution in [3.63, 3.8) is 0 Å². The number of hydrogen-bond acceptors (Lipinski definition) is 0. The van der Waals surface area contributed by atoms with E-state index in [0.29, 0.717) is 6.07 Å². The van der Waals surface area contributed by atoms with E-state index in [1.165, 1.54) is 0 Å². The van der Waals surface area contributed by atoms with Crippen molar-refractivity contribution in [2.24, 2.45) is 0 Å². The minimum Gasteiger partial charge on any atom is -0.166 e. The van der Waals surface area contributed by atoms with E-state index < -0.39 is 47.2 Å². The highest BCUT2D eigenvalue weighted by atomic mass is 19.4. The third-order valence-corrected chi connectivity index (χ3v) is 3.92. The molecule has 0 fully saturated rings. The van der Waals surface area contributed by atoms with Gasteiger partial charge in [-0.3, -0.25) is 0 Å². The van der Waals surface area contributed by atoms with Crippen LogP contribution in [0.25, 0.3) is 0 Å². The van der Waals surface area contributed by atoms with E-state index in [1.54, 1.807) is 30.3 Å². The normalized spacial score (nSPS) is 13.1. The minimum absolute atomic E-state index is 0.0513. The molecule has 0 saturated heterocycles. The fraction of sp³-hybridized carbons (Fsp3) is 0.333. The first-order valence-corrected chi connectivity index (χ1v) is 7.73. The molecule has 9 heteroatoms. The van der Waals surface area contributed by atoms with Crippen LogP contribution in [-0.4, -0.2) is 0 Å². The van der Waals surface area contributed by atoms with Crippen LogP contribution in [0.3, 0.4) is 0 Å². The molecular weight excluding hydrogens is 387 g/mol. The van der Waals surface area contributed by atoms with Gasteiger partial charge in [-0.2, -0.15) is 39.5 Å². The molecule has 148 valence electrons. The highest BCUT2D eigenvalue weighted by molar-refractivity contribution is 5.46. The van der Waals surface area contributed by atoms with Gasteiger partial charge < -0.3 is 0 Å². The first-order chi connectivity index (χ1) is 12.3. The van der Waals surface area contributed by atoms with Crippen LogP contribution < -0.4 is 0 Å². The Hall–Kier alpha value is -2.19. The van der Waals surface area contributed by atoms with Gasteiger partial charge in [-0.15, -0.1) is 0 Å². The Morgan fingerprint density at radius 1 is 0.556 bits per heavy atom. The van der Waals surface area contributed by atoms with Gasteiger partial charge in [-0.25, -0.2) is 0 Å². The van der Waals surface area contributed by atoms with Crippen molar-refractivity contribution in [3.8, 4) is 0 Å². The molecule has 0 nitrogen and oxygen atoms in total. The van der Waals surface area contributed by atoms with Gasteiger partial charge in [0.1, 0.15) is 0 Å². The number of benzene rings is 2. The van der Waals surface area contributed by atoms with E-state index in [-0.39, 0.29) is 18.9 Å². The van der Waals surface area contributed by atoms with Gasteiger partial charge in [0, 0.05) is 0 Å². The monoisotopic (exact) mass is 400 g/mol. The molecule has 2 aromatic carbocycles. The molecule has 0 bridgehead atoms. The summed E-state index contributed by atoms with van der Waals surface area (Å²) in [7, 11) is 0. The van der Waals surface area contributed by atoms with Crippen LogP contribution in [0.15, 0.2) is 42.5 Å². The molecule has 0 radical (unpaired) electrons. The van der Waals surface area contributed by atoms with E-state index in [2.05, 4.69) is 0 Å². The maximum absolute atomic E-state index is 13.3. The molecule has 0 aliphatic carbocycles. The molecule has 0 saturated carbocycles. The van der Waals surface area contributed by atoms with Crippen molar-refractivity contribution >= 4 is 0 Å². The highest BCUT2D eigenvalue weighted by Gasteiger charge is 2.51. The Morgan fingerprint density at radius 2 is 1.11 bits per heavy atom. The molecule has 0 aliphatic rings. The second-order valence-electron chi connectivity index (χ2n) is 5.85. The molecule has 2 aromatic rings. The molecule has 0 heterocycles. The first kappa shape index (κ1) is 21.1. The summed E-state index contributed by atoms with van der Waals surface area (Å²) < 4.78 is 118. The van der Waals surface area contributed by atoms with Gasteiger partial charge in [0.15, 0.2) is 0 Å². The van der Waals surface area contributed by atoms with Gasteiger partial charge in [-0.1, -0.05) is 36.4 Å². The quantitative estimate of drug-likeness (QED) is 0.489. The molecule has 0 aliphatic heterocycles. The average Bonchev–Trinajstić information content (AvgIpc) is 2.52. The van der Waals surface area contributed by atoms with Crippen molar-refractivity contribution in [2.75, 3.05) is 0 Å². The lowest BCUT2D eigenvalue weighted by atomic mass is 9.91. The number of alkyl halides is 9. The lowest BCUT2D eigenvalue weighted by Crippen LogP contribution is -2.24. The van der Waals surface area contributed by atoms with E-state index in [0.717, 1.165) is 5.56 Å². The number of aryl methyl sites for hydroxylation is 2. The third-order valence-electron chi connectivity index (χ3n) is 3.92. The van der Waals surface area contributed by atoms with Crippen LogP contribution in [0.4, 0.5) is 39.5 Å². The zero-order valence-corrected chi connectivity index (χ0v) is 13.6. The SMILES string of the molecule is FC(F)(F)c1ccc(CCCc2ccccc2)c(C(F)(F)F)c1C(F)(F)F. The first-order valence-electron chi connectivity index (χ1n) is 7.73. The standard InChI is InChI=1S/C18H13F9/c19-16(20,21)13-10-9-12(8-4-7-11-5-2-1-3-6-11)14(17(22,23)24)15(13)18(25,26)27/h1-3,5-6,9-10H,4,7-8H2. The van der Waals surface area contributed by atoms with Crippen molar-refractivity contribution in [1.82, 2.24) is 0 Å². The summed E-state index contributed by atoms with van der Waals surface area (Å²) in [6.07, 6.45) is -17.0. The third kappa shape index (κ3) is 5.17. The number of hydrogen-bond donors (Lipinski definition) is 0.